The fourth-order valence-electron chi connectivity index (χ4n) is 0.976. The van der Waals surface area contributed by atoms with E-state index < -0.39 is 9.05 Å². The first kappa shape index (κ1) is 11.2. The average Bonchev–Trinajstić information content (AvgIpc) is 1.87. The lowest BCUT2D eigenvalue weighted by Crippen LogP contribution is -2.14. The van der Waals surface area contributed by atoms with Gasteiger partial charge in [-0.2, -0.15) is 0 Å². The third-order valence-corrected chi connectivity index (χ3v) is 3.85. The summed E-state index contributed by atoms with van der Waals surface area (Å²) in [6, 6.07) is 0. The molecule has 0 saturated carbocycles. The average molecular weight is 199 g/mol. The van der Waals surface area contributed by atoms with Crippen molar-refractivity contribution < 1.29 is 8.42 Å². The molecule has 0 aliphatic heterocycles. The van der Waals surface area contributed by atoms with Gasteiger partial charge in [-0.05, 0) is 12.8 Å². The Hall–Kier alpha value is 0.240. The summed E-state index contributed by atoms with van der Waals surface area (Å²) in [5, 5.41) is -0.343. The van der Waals surface area contributed by atoms with E-state index in [1.807, 2.05) is 13.8 Å². The van der Waals surface area contributed by atoms with Crippen LogP contribution in [0.25, 0.3) is 0 Å². The summed E-state index contributed by atoms with van der Waals surface area (Å²) in [4.78, 5) is 0. The standard InChI is InChI=1S/C7H15ClO2S/c1-3-5-6-7(4-2)11(8,9)10/h7H,3-6H2,1-2H3. The minimum atomic E-state index is -3.32. The van der Waals surface area contributed by atoms with E-state index >= 15 is 0 Å². The Kier molecular flexibility index (Phi) is 5.10. The first-order chi connectivity index (χ1) is 5.02. The fourth-order valence-corrected chi connectivity index (χ4v) is 2.47. The van der Waals surface area contributed by atoms with E-state index in [0.717, 1.165) is 12.8 Å². The molecular formula is C7H15ClO2S. The summed E-state index contributed by atoms with van der Waals surface area (Å²) >= 11 is 0. The largest absolute Gasteiger partial charge is 0.235 e. The molecule has 0 aromatic rings. The zero-order chi connectivity index (χ0) is 8.91. The van der Waals surface area contributed by atoms with Crippen LogP contribution >= 0.6 is 10.7 Å². The van der Waals surface area contributed by atoms with Crippen LogP contribution in [0.3, 0.4) is 0 Å². The van der Waals surface area contributed by atoms with Crippen LogP contribution in [0.4, 0.5) is 0 Å². The van der Waals surface area contributed by atoms with Crippen LogP contribution in [0.15, 0.2) is 0 Å². The van der Waals surface area contributed by atoms with Crippen molar-refractivity contribution in [3.8, 4) is 0 Å². The number of halogens is 1. The molecule has 0 bridgehead atoms. The summed E-state index contributed by atoms with van der Waals surface area (Å²) in [6.07, 6.45) is 3.26. The van der Waals surface area contributed by atoms with Crippen LogP contribution < -0.4 is 0 Å². The van der Waals surface area contributed by atoms with Gasteiger partial charge in [0, 0.05) is 10.7 Å². The molecule has 0 aliphatic carbocycles. The van der Waals surface area contributed by atoms with Crippen LogP contribution in [-0.4, -0.2) is 13.7 Å². The van der Waals surface area contributed by atoms with E-state index in [2.05, 4.69) is 0 Å². The number of rotatable bonds is 5. The molecule has 0 N–H and O–H groups in total. The Morgan fingerprint density at radius 2 is 1.91 bits per heavy atom. The molecule has 2 nitrogen and oxygen atoms in total. The maximum Gasteiger partial charge on any atom is 0.235 e. The first-order valence-corrected chi connectivity index (χ1v) is 6.33. The smallest absolute Gasteiger partial charge is 0.212 e. The lowest BCUT2D eigenvalue weighted by molar-refractivity contribution is 0.571. The Bertz CT molecular complexity index is 187. The van der Waals surface area contributed by atoms with Gasteiger partial charge in [-0.25, -0.2) is 8.42 Å². The minimum Gasteiger partial charge on any atom is -0.212 e. The zero-order valence-electron chi connectivity index (χ0n) is 7.01. The van der Waals surface area contributed by atoms with Crippen LogP contribution in [0.2, 0.25) is 0 Å². The van der Waals surface area contributed by atoms with Crippen molar-refractivity contribution in [1.82, 2.24) is 0 Å². The van der Waals surface area contributed by atoms with Crippen LogP contribution in [0.1, 0.15) is 39.5 Å². The van der Waals surface area contributed by atoms with E-state index in [1.165, 1.54) is 0 Å². The Balaban J connectivity index is 3.97. The van der Waals surface area contributed by atoms with Crippen molar-refractivity contribution in [1.29, 1.82) is 0 Å². The Morgan fingerprint density at radius 3 is 2.18 bits per heavy atom. The van der Waals surface area contributed by atoms with Gasteiger partial charge in [0.05, 0.1) is 5.25 Å². The molecule has 0 radical (unpaired) electrons. The maximum absolute atomic E-state index is 10.8. The highest BCUT2D eigenvalue weighted by atomic mass is 35.7. The second-order valence-electron chi connectivity index (χ2n) is 2.65. The van der Waals surface area contributed by atoms with Gasteiger partial charge in [0.1, 0.15) is 0 Å². The summed E-state index contributed by atoms with van der Waals surface area (Å²) in [7, 11) is 1.89. The molecule has 1 unspecified atom stereocenters. The molecule has 4 heteroatoms. The van der Waals surface area contributed by atoms with E-state index in [-0.39, 0.29) is 5.25 Å². The van der Waals surface area contributed by atoms with Crippen LogP contribution in [0.5, 0.6) is 0 Å². The molecule has 1 atom stereocenters. The van der Waals surface area contributed by atoms with Crippen molar-refractivity contribution in [3.05, 3.63) is 0 Å². The van der Waals surface area contributed by atoms with Gasteiger partial charge in [-0.3, -0.25) is 0 Å². The number of hydrogen-bond acceptors (Lipinski definition) is 2. The van der Waals surface area contributed by atoms with E-state index in [9.17, 15) is 8.42 Å². The predicted octanol–water partition coefficient (Wildman–Crippen LogP) is 2.52. The summed E-state index contributed by atoms with van der Waals surface area (Å²) < 4.78 is 21.7. The summed E-state index contributed by atoms with van der Waals surface area (Å²) in [5.41, 5.74) is 0. The molecule has 0 saturated heterocycles. The van der Waals surface area contributed by atoms with Gasteiger partial charge in [0.25, 0.3) is 0 Å². The Labute approximate surface area is 73.4 Å². The highest BCUT2D eigenvalue weighted by Crippen LogP contribution is 2.17. The topological polar surface area (TPSA) is 34.1 Å². The van der Waals surface area contributed by atoms with Crippen LogP contribution in [-0.2, 0) is 9.05 Å². The van der Waals surface area contributed by atoms with Gasteiger partial charge in [0.15, 0.2) is 0 Å². The second kappa shape index (κ2) is 4.99. The number of unbranched alkanes of at least 4 members (excludes halogenated alkanes) is 1. The zero-order valence-corrected chi connectivity index (χ0v) is 8.58. The normalized spacial score (nSPS) is 14.8. The van der Waals surface area contributed by atoms with Gasteiger partial charge < -0.3 is 0 Å². The van der Waals surface area contributed by atoms with Crippen molar-refractivity contribution in [2.45, 2.75) is 44.8 Å². The molecule has 0 aliphatic rings. The van der Waals surface area contributed by atoms with Gasteiger partial charge in [-0.1, -0.05) is 26.7 Å². The SMILES string of the molecule is CCCCC(CC)S(=O)(=O)Cl. The van der Waals surface area contributed by atoms with Crippen molar-refractivity contribution in [2.75, 3.05) is 0 Å². The van der Waals surface area contributed by atoms with E-state index in [1.54, 1.807) is 0 Å². The fraction of sp³-hybridized carbons (Fsp3) is 1.00. The quantitative estimate of drug-likeness (QED) is 0.637. The molecule has 68 valence electrons. The monoisotopic (exact) mass is 198 g/mol. The highest BCUT2D eigenvalue weighted by Gasteiger charge is 2.19. The van der Waals surface area contributed by atoms with Crippen molar-refractivity contribution in [3.63, 3.8) is 0 Å². The summed E-state index contributed by atoms with van der Waals surface area (Å²) in [5.74, 6) is 0. The first-order valence-electron chi connectivity index (χ1n) is 3.95. The summed E-state index contributed by atoms with van der Waals surface area (Å²) in [6.45, 7) is 3.88. The predicted molar refractivity (Wildman–Crippen MR) is 48.4 cm³/mol. The molecule has 0 fully saturated rings. The molecule has 0 aromatic heterocycles. The van der Waals surface area contributed by atoms with Crippen molar-refractivity contribution in [2.24, 2.45) is 0 Å². The molecule has 0 amide bonds. The molecule has 0 spiro atoms. The third kappa shape index (κ3) is 4.64. The van der Waals surface area contributed by atoms with E-state index in [4.69, 9.17) is 10.7 Å². The lowest BCUT2D eigenvalue weighted by Gasteiger charge is -2.08. The van der Waals surface area contributed by atoms with Gasteiger partial charge >= 0.3 is 0 Å². The highest BCUT2D eigenvalue weighted by molar-refractivity contribution is 8.14. The molecule has 0 heterocycles. The Morgan fingerprint density at radius 1 is 1.36 bits per heavy atom. The second-order valence-corrected chi connectivity index (χ2v) is 5.56. The van der Waals surface area contributed by atoms with Crippen molar-refractivity contribution >= 4 is 19.7 Å². The van der Waals surface area contributed by atoms with Crippen LogP contribution in [0, 0.1) is 0 Å². The minimum absolute atomic E-state index is 0.343. The number of hydrogen-bond donors (Lipinski definition) is 0. The third-order valence-electron chi connectivity index (χ3n) is 1.73. The lowest BCUT2D eigenvalue weighted by atomic mass is 10.2. The molecule has 0 aromatic carbocycles. The molecular weight excluding hydrogens is 184 g/mol. The molecule has 11 heavy (non-hydrogen) atoms. The molecule has 0 rings (SSSR count). The van der Waals surface area contributed by atoms with Gasteiger partial charge in [0.2, 0.25) is 9.05 Å². The van der Waals surface area contributed by atoms with Gasteiger partial charge in [-0.15, -0.1) is 0 Å². The maximum atomic E-state index is 10.8. The van der Waals surface area contributed by atoms with E-state index in [0.29, 0.717) is 12.8 Å².